The van der Waals surface area contributed by atoms with Gasteiger partial charge < -0.3 is 19.2 Å². The summed E-state index contributed by atoms with van der Waals surface area (Å²) in [5, 5.41) is 11.7. The Morgan fingerprint density at radius 3 is 2.11 bits per heavy atom. The van der Waals surface area contributed by atoms with Crippen LogP contribution in [-0.2, 0) is 30.6 Å². The molecule has 4 aromatic rings. The first-order chi connectivity index (χ1) is 18.0. The van der Waals surface area contributed by atoms with Crippen molar-refractivity contribution in [1.82, 2.24) is 4.57 Å². The molecule has 1 heterocycles. The van der Waals surface area contributed by atoms with Crippen LogP contribution in [0.2, 0.25) is 0 Å². The molecule has 0 aliphatic rings. The maximum absolute atomic E-state index is 11.7. The summed E-state index contributed by atoms with van der Waals surface area (Å²) in [6.45, 7) is 5.26. The molecule has 0 aliphatic carbocycles. The fourth-order valence-electron chi connectivity index (χ4n) is 4.68. The van der Waals surface area contributed by atoms with E-state index in [2.05, 4.69) is 54.8 Å². The number of benzene rings is 3. The van der Waals surface area contributed by atoms with Gasteiger partial charge in [-0.05, 0) is 84.8 Å². The Morgan fingerprint density at radius 2 is 1.47 bits per heavy atom. The molecule has 1 atom stereocenters. The minimum absolute atomic E-state index is 0. The van der Waals surface area contributed by atoms with Gasteiger partial charge in [0.05, 0.1) is 5.97 Å². The van der Waals surface area contributed by atoms with Gasteiger partial charge >= 0.3 is 29.6 Å². The molecular weight excluding hydrogens is 481 g/mol. The van der Waals surface area contributed by atoms with Crippen molar-refractivity contribution in [2.24, 2.45) is 0 Å². The Kier molecular flexibility index (Phi) is 11.7. The van der Waals surface area contributed by atoms with Crippen LogP contribution in [0, 0.1) is 6.92 Å². The number of carboxylic acids is 1. The van der Waals surface area contributed by atoms with E-state index in [9.17, 15) is 9.90 Å². The van der Waals surface area contributed by atoms with Gasteiger partial charge in [-0.3, -0.25) is 0 Å². The average molecular weight is 518 g/mol. The van der Waals surface area contributed by atoms with Crippen LogP contribution in [0.1, 0.15) is 48.6 Å². The predicted molar refractivity (Wildman–Crippen MR) is 148 cm³/mol. The van der Waals surface area contributed by atoms with Crippen LogP contribution in [0.15, 0.2) is 91.0 Å². The number of aliphatic carboxylic acids is 1. The third-order valence-corrected chi connectivity index (χ3v) is 6.87. The third-order valence-electron chi connectivity index (χ3n) is 6.87. The molecule has 0 amide bonds. The zero-order valence-corrected chi connectivity index (χ0v) is 24.9. The van der Waals surface area contributed by atoms with E-state index in [-0.39, 0.29) is 36.0 Å². The normalized spacial score (nSPS) is 11.5. The topological polar surface area (TPSA) is 54.3 Å². The number of hydrogen-bond donors (Lipinski definition) is 0. The maximum atomic E-state index is 11.7. The number of nitrogens with zero attached hydrogens (tertiary/aromatic N) is 1. The Morgan fingerprint density at radius 1 is 0.816 bits per heavy atom. The van der Waals surface area contributed by atoms with Gasteiger partial charge in [-0.1, -0.05) is 74.4 Å². The van der Waals surface area contributed by atoms with Gasteiger partial charge in [-0.25, -0.2) is 0 Å². The van der Waals surface area contributed by atoms with Crippen LogP contribution in [-0.4, -0.2) is 16.6 Å². The second-order valence-corrected chi connectivity index (χ2v) is 9.67. The van der Waals surface area contributed by atoms with Crippen LogP contribution >= 0.6 is 0 Å². The fourth-order valence-corrected chi connectivity index (χ4v) is 4.68. The summed E-state index contributed by atoms with van der Waals surface area (Å²) in [5.74, 6) is -0.700. The Bertz CT molecular complexity index is 1260. The molecule has 0 spiro atoms. The zero-order valence-electron chi connectivity index (χ0n) is 22.9. The number of aromatic nitrogens is 1. The number of rotatable bonds is 13. The van der Waals surface area contributed by atoms with Crippen LogP contribution in [0.3, 0.4) is 0 Å². The molecule has 0 N–H and O–H groups in total. The van der Waals surface area contributed by atoms with E-state index in [0.29, 0.717) is 5.75 Å². The number of hydrogen-bond acceptors (Lipinski definition) is 3. The molecule has 0 saturated heterocycles. The summed E-state index contributed by atoms with van der Waals surface area (Å²) < 4.78 is 8.12. The second-order valence-electron chi connectivity index (χ2n) is 9.67. The minimum Gasteiger partial charge on any atom is -0.546 e. The molecule has 192 valence electrons. The van der Waals surface area contributed by atoms with Crippen LogP contribution < -0.4 is 39.4 Å². The monoisotopic (exact) mass is 517 g/mol. The molecule has 5 heteroatoms. The molecule has 4 rings (SSSR count). The number of carboxylic acid groups (broad SMARTS) is 1. The first kappa shape index (κ1) is 29.8. The fraction of sp³-hybridized carbons (Fsp3) is 0.303. The first-order valence-electron chi connectivity index (χ1n) is 13.3. The first-order valence-corrected chi connectivity index (χ1v) is 13.3. The van der Waals surface area contributed by atoms with Crippen molar-refractivity contribution in [1.29, 1.82) is 0 Å². The Balaban J connectivity index is 0.00000400. The summed E-state index contributed by atoms with van der Waals surface area (Å²) in [6, 6.07) is 30.4. The average Bonchev–Trinajstić information content (AvgIpc) is 3.29. The van der Waals surface area contributed by atoms with Crippen LogP contribution in [0.5, 0.6) is 5.75 Å². The van der Waals surface area contributed by atoms with Crippen molar-refractivity contribution in [3.05, 3.63) is 113 Å². The summed E-state index contributed by atoms with van der Waals surface area (Å²) >= 11 is 0. The number of ether oxygens (including phenoxy) is 1. The third kappa shape index (κ3) is 8.36. The number of carbonyl (C=O) groups is 1. The van der Waals surface area contributed by atoms with Gasteiger partial charge in [0, 0.05) is 24.4 Å². The van der Waals surface area contributed by atoms with Crippen molar-refractivity contribution < 1.29 is 44.2 Å². The Labute approximate surface area is 249 Å². The number of aryl methyl sites for hydroxylation is 3. The summed E-state index contributed by atoms with van der Waals surface area (Å²) in [7, 11) is 0. The molecule has 0 aliphatic heterocycles. The maximum Gasteiger partial charge on any atom is 1.00 e. The molecule has 0 saturated carbocycles. The molecule has 3 aromatic carbocycles. The van der Waals surface area contributed by atoms with Crippen LogP contribution in [0.4, 0.5) is 0 Å². The van der Waals surface area contributed by atoms with E-state index in [0.717, 1.165) is 36.2 Å². The summed E-state index contributed by atoms with van der Waals surface area (Å²) in [6.07, 6.45) is 5.13. The van der Waals surface area contributed by atoms with Gasteiger partial charge in [0.15, 0.2) is 0 Å². The van der Waals surface area contributed by atoms with Crippen molar-refractivity contribution in [2.75, 3.05) is 0 Å². The van der Waals surface area contributed by atoms with E-state index in [1.165, 1.54) is 36.1 Å². The minimum atomic E-state index is -1.22. The molecule has 38 heavy (non-hydrogen) atoms. The van der Waals surface area contributed by atoms with E-state index in [1.807, 2.05) is 54.6 Å². The summed E-state index contributed by atoms with van der Waals surface area (Å²) in [4.78, 5) is 11.7. The van der Waals surface area contributed by atoms with Gasteiger partial charge in [0.25, 0.3) is 0 Å². The largest absolute Gasteiger partial charge is 1.00 e. The second kappa shape index (κ2) is 15.0. The van der Waals surface area contributed by atoms with Crippen molar-refractivity contribution in [3.63, 3.8) is 0 Å². The van der Waals surface area contributed by atoms with E-state index >= 15 is 0 Å². The zero-order chi connectivity index (χ0) is 26.0. The molecule has 0 fully saturated rings. The van der Waals surface area contributed by atoms with Crippen LogP contribution in [0.25, 0.3) is 11.3 Å². The van der Waals surface area contributed by atoms with Crippen molar-refractivity contribution in [2.45, 2.75) is 65.0 Å². The molecule has 0 unspecified atom stereocenters. The summed E-state index contributed by atoms with van der Waals surface area (Å²) in [5.41, 5.74) is 7.08. The molecule has 0 bridgehead atoms. The number of carbonyl (C=O) groups excluding carboxylic acids is 1. The number of unbranched alkanes of at least 4 members (excludes halogenated alkanes) is 2. The standard InChI is InChI=1S/C33H37NO3.Na/c1-3-4-6-9-26-13-15-27(16-14-26)22-23-34-25(2)12-21-31(34)29-17-19-30(20-18-29)37-32(33(35)36)24-28-10-7-5-8-11-28;/h5,7-8,10-21,32H,3-4,6,9,22-24H2,1-2H3,(H,35,36);/q;+1/p-1/t32-;/m1./s1. The van der Waals surface area contributed by atoms with E-state index < -0.39 is 12.1 Å². The molecular formula is C33H36NNaO3. The molecule has 0 radical (unpaired) electrons. The predicted octanol–water partition coefficient (Wildman–Crippen LogP) is 3.18. The van der Waals surface area contributed by atoms with Crippen molar-refractivity contribution >= 4 is 5.97 Å². The quantitative estimate of drug-likeness (QED) is 0.202. The van der Waals surface area contributed by atoms with Crippen molar-refractivity contribution in [3.8, 4) is 17.0 Å². The van der Waals surface area contributed by atoms with E-state index in [1.54, 1.807) is 0 Å². The molecule has 1 aromatic heterocycles. The van der Waals surface area contributed by atoms with Gasteiger partial charge in [0.1, 0.15) is 11.9 Å². The van der Waals surface area contributed by atoms with Gasteiger partial charge in [-0.15, -0.1) is 0 Å². The SMILES string of the molecule is CCCCCc1ccc(CCn2c(C)ccc2-c2ccc(O[C@H](Cc3ccccc3)C(=O)[O-])cc2)cc1.[Na+]. The Hall–Kier alpha value is -2.79. The smallest absolute Gasteiger partial charge is 0.546 e. The van der Waals surface area contributed by atoms with Gasteiger partial charge in [0.2, 0.25) is 0 Å². The molecule has 4 nitrogen and oxygen atoms in total. The van der Waals surface area contributed by atoms with Gasteiger partial charge in [-0.2, -0.15) is 0 Å². The van der Waals surface area contributed by atoms with E-state index in [4.69, 9.17) is 4.74 Å².